The molecule has 20 heavy (non-hydrogen) atoms. The topological polar surface area (TPSA) is 71.1 Å². The fourth-order valence-corrected chi connectivity index (χ4v) is 1.01. The van der Waals surface area contributed by atoms with Gasteiger partial charge in [0.05, 0.1) is 13.7 Å². The van der Waals surface area contributed by atoms with Crippen molar-refractivity contribution in [2.24, 2.45) is 0 Å². The Morgan fingerprint density at radius 1 is 1.00 bits per heavy atom. The zero-order chi connectivity index (χ0) is 16.0. The minimum Gasteiger partial charge on any atom is -0.467 e. The quantitative estimate of drug-likeness (QED) is 0.503. The van der Waals surface area contributed by atoms with Gasteiger partial charge in [0.1, 0.15) is 0 Å². The molecule has 6 heteroatoms. The lowest BCUT2D eigenvalue weighted by Crippen LogP contribution is -2.22. The second-order valence-electron chi connectivity index (χ2n) is 4.02. The van der Waals surface area contributed by atoms with E-state index in [-0.39, 0.29) is 11.9 Å². The van der Waals surface area contributed by atoms with Crippen molar-refractivity contribution in [2.75, 3.05) is 27.4 Å². The molecular formula is C14H28O6. The van der Waals surface area contributed by atoms with Gasteiger partial charge in [0, 0.05) is 13.7 Å². The molecule has 0 saturated carbocycles. The van der Waals surface area contributed by atoms with Crippen molar-refractivity contribution in [2.45, 2.75) is 52.7 Å². The Balaban J connectivity index is 0. The molecule has 0 aromatic rings. The average Bonchev–Trinajstić information content (AvgIpc) is 2.46. The number of ether oxygens (including phenoxy) is 4. The first-order chi connectivity index (χ1) is 9.44. The van der Waals surface area contributed by atoms with Crippen LogP contribution in [-0.2, 0) is 28.5 Å². The Morgan fingerprint density at radius 3 is 2.00 bits per heavy atom. The van der Waals surface area contributed by atoms with Crippen LogP contribution in [0.4, 0.5) is 0 Å². The molecule has 0 aromatic carbocycles. The van der Waals surface area contributed by atoms with Gasteiger partial charge < -0.3 is 18.9 Å². The second kappa shape index (κ2) is 14.3. The first kappa shape index (κ1) is 21.2. The summed E-state index contributed by atoms with van der Waals surface area (Å²) in [6.45, 7) is 8.26. The van der Waals surface area contributed by atoms with Gasteiger partial charge in [0.25, 0.3) is 0 Å². The molecule has 0 heterocycles. The van der Waals surface area contributed by atoms with E-state index in [1.54, 1.807) is 13.8 Å². The summed E-state index contributed by atoms with van der Waals surface area (Å²) in [7, 11) is 2.84. The van der Waals surface area contributed by atoms with E-state index in [0.29, 0.717) is 13.2 Å². The van der Waals surface area contributed by atoms with E-state index in [1.807, 2.05) is 13.8 Å². The van der Waals surface area contributed by atoms with Crippen molar-refractivity contribution < 1.29 is 28.5 Å². The average molecular weight is 292 g/mol. The Labute approximate surface area is 121 Å². The number of hydrogen-bond donors (Lipinski definition) is 0. The summed E-state index contributed by atoms with van der Waals surface area (Å²) in [5.74, 6) is -0.599. The van der Waals surface area contributed by atoms with E-state index >= 15 is 0 Å². The van der Waals surface area contributed by atoms with Crippen molar-refractivity contribution in [3.63, 3.8) is 0 Å². The lowest BCUT2D eigenvalue weighted by Gasteiger charge is -2.08. The fourth-order valence-electron chi connectivity index (χ4n) is 1.01. The molecule has 0 amide bonds. The summed E-state index contributed by atoms with van der Waals surface area (Å²) >= 11 is 0. The van der Waals surface area contributed by atoms with Gasteiger partial charge >= 0.3 is 11.9 Å². The van der Waals surface area contributed by atoms with Gasteiger partial charge in [-0.05, 0) is 27.2 Å². The molecule has 0 fully saturated rings. The van der Waals surface area contributed by atoms with E-state index in [4.69, 9.17) is 14.2 Å². The minimum absolute atomic E-state index is 0.277. The standard InChI is InChI=1S/C8H16O3.C6H12O3/c1-4-5-6-11-8(9)7(2)10-3;1-4-9-5(2)6(7)8-3/h7H,4-6H2,1-3H3;5H,4H2,1-3H3. The first-order valence-electron chi connectivity index (χ1n) is 6.83. The number of rotatable bonds is 8. The second-order valence-corrected chi connectivity index (χ2v) is 4.02. The molecule has 0 bridgehead atoms. The van der Waals surface area contributed by atoms with Gasteiger partial charge in [-0.15, -0.1) is 0 Å². The summed E-state index contributed by atoms with van der Waals surface area (Å²) < 4.78 is 19.0. The van der Waals surface area contributed by atoms with Crippen LogP contribution in [-0.4, -0.2) is 51.6 Å². The third-order valence-corrected chi connectivity index (χ3v) is 2.38. The minimum atomic E-state index is -0.438. The van der Waals surface area contributed by atoms with Crippen LogP contribution < -0.4 is 0 Å². The number of carbonyl (C=O) groups is 2. The highest BCUT2D eigenvalue weighted by atomic mass is 16.6. The Morgan fingerprint density at radius 2 is 1.60 bits per heavy atom. The molecule has 0 aromatic heterocycles. The van der Waals surface area contributed by atoms with Crippen LogP contribution in [0.25, 0.3) is 0 Å². The molecule has 0 saturated heterocycles. The van der Waals surface area contributed by atoms with Crippen LogP contribution in [0.1, 0.15) is 40.5 Å². The number of carbonyl (C=O) groups excluding carboxylic acids is 2. The zero-order valence-electron chi connectivity index (χ0n) is 13.4. The predicted molar refractivity (Wildman–Crippen MR) is 75.4 cm³/mol. The molecule has 120 valence electrons. The molecular weight excluding hydrogens is 264 g/mol. The summed E-state index contributed by atoms with van der Waals surface area (Å²) in [4.78, 5) is 21.5. The van der Waals surface area contributed by atoms with Gasteiger partial charge in [0.2, 0.25) is 0 Å². The monoisotopic (exact) mass is 292 g/mol. The van der Waals surface area contributed by atoms with Crippen LogP contribution in [0.2, 0.25) is 0 Å². The highest BCUT2D eigenvalue weighted by Crippen LogP contribution is 1.94. The molecule has 6 nitrogen and oxygen atoms in total. The maximum atomic E-state index is 10.9. The van der Waals surface area contributed by atoms with Crippen molar-refractivity contribution in [3.8, 4) is 0 Å². The molecule has 0 rings (SSSR count). The van der Waals surface area contributed by atoms with E-state index in [1.165, 1.54) is 14.2 Å². The number of hydrogen-bond acceptors (Lipinski definition) is 6. The molecule has 0 aliphatic carbocycles. The van der Waals surface area contributed by atoms with Crippen molar-refractivity contribution in [1.29, 1.82) is 0 Å². The summed E-state index contributed by atoms with van der Waals surface area (Å²) in [6.07, 6.45) is 1.09. The molecule has 2 unspecified atom stereocenters. The SMILES string of the molecule is CCCCOC(=O)C(C)OC.CCOC(C)C(=O)OC. The fraction of sp³-hybridized carbons (Fsp3) is 0.857. The highest BCUT2D eigenvalue weighted by Gasteiger charge is 2.12. The van der Waals surface area contributed by atoms with Crippen LogP contribution in [0.15, 0.2) is 0 Å². The molecule has 0 N–H and O–H groups in total. The van der Waals surface area contributed by atoms with Crippen LogP contribution in [0, 0.1) is 0 Å². The van der Waals surface area contributed by atoms with Crippen molar-refractivity contribution in [1.82, 2.24) is 0 Å². The smallest absolute Gasteiger partial charge is 0.334 e. The first-order valence-corrected chi connectivity index (χ1v) is 6.83. The van der Waals surface area contributed by atoms with Gasteiger partial charge in [0.15, 0.2) is 12.2 Å². The third-order valence-electron chi connectivity index (χ3n) is 2.38. The molecule has 0 aliphatic rings. The summed E-state index contributed by atoms with van der Waals surface area (Å²) in [6, 6.07) is 0. The molecule has 0 radical (unpaired) electrons. The van der Waals surface area contributed by atoms with E-state index < -0.39 is 12.2 Å². The van der Waals surface area contributed by atoms with E-state index in [2.05, 4.69) is 4.74 Å². The number of unbranched alkanes of at least 4 members (excludes halogenated alkanes) is 1. The lowest BCUT2D eigenvalue weighted by molar-refractivity contribution is -0.154. The normalized spacial score (nSPS) is 12.7. The van der Waals surface area contributed by atoms with E-state index in [0.717, 1.165) is 12.8 Å². The van der Waals surface area contributed by atoms with Crippen molar-refractivity contribution >= 4 is 11.9 Å². The maximum absolute atomic E-state index is 10.9. The molecule has 0 aliphatic heterocycles. The van der Waals surface area contributed by atoms with Gasteiger partial charge in [-0.1, -0.05) is 13.3 Å². The Kier molecular flexibility index (Phi) is 15.1. The van der Waals surface area contributed by atoms with Gasteiger partial charge in [-0.3, -0.25) is 0 Å². The van der Waals surface area contributed by atoms with Gasteiger partial charge in [-0.2, -0.15) is 0 Å². The highest BCUT2D eigenvalue weighted by molar-refractivity contribution is 5.74. The Hall–Kier alpha value is -1.14. The van der Waals surface area contributed by atoms with Crippen molar-refractivity contribution in [3.05, 3.63) is 0 Å². The summed E-state index contributed by atoms with van der Waals surface area (Å²) in [5, 5.41) is 0. The predicted octanol–water partition coefficient (Wildman–Crippen LogP) is 1.95. The number of esters is 2. The van der Waals surface area contributed by atoms with Gasteiger partial charge in [-0.25, -0.2) is 9.59 Å². The largest absolute Gasteiger partial charge is 0.467 e. The van der Waals surface area contributed by atoms with Crippen LogP contribution >= 0.6 is 0 Å². The number of methoxy groups -OCH3 is 2. The van der Waals surface area contributed by atoms with Crippen LogP contribution in [0.3, 0.4) is 0 Å². The Bertz CT molecular complexity index is 254. The third kappa shape index (κ3) is 11.9. The lowest BCUT2D eigenvalue weighted by atomic mass is 10.3. The maximum Gasteiger partial charge on any atom is 0.334 e. The van der Waals surface area contributed by atoms with E-state index in [9.17, 15) is 9.59 Å². The molecule has 2 atom stereocenters. The summed E-state index contributed by atoms with van der Waals surface area (Å²) in [5.41, 5.74) is 0. The van der Waals surface area contributed by atoms with Crippen LogP contribution in [0.5, 0.6) is 0 Å². The molecule has 0 spiro atoms. The zero-order valence-corrected chi connectivity index (χ0v) is 13.4.